The highest BCUT2D eigenvalue weighted by Crippen LogP contribution is 2.35. The second kappa shape index (κ2) is 8.94. The van der Waals surface area contributed by atoms with Gasteiger partial charge in [-0.15, -0.1) is 0 Å². The van der Waals surface area contributed by atoms with Gasteiger partial charge in [-0.25, -0.2) is 4.90 Å². The van der Waals surface area contributed by atoms with E-state index in [1.807, 2.05) is 56.3 Å². The van der Waals surface area contributed by atoms with Crippen molar-refractivity contribution in [2.45, 2.75) is 33.6 Å². The minimum atomic E-state index is -0.383. The molecule has 5 nitrogen and oxygen atoms in total. The van der Waals surface area contributed by atoms with Gasteiger partial charge in [-0.1, -0.05) is 44.2 Å². The van der Waals surface area contributed by atoms with Gasteiger partial charge in [0.2, 0.25) is 0 Å². The van der Waals surface area contributed by atoms with Gasteiger partial charge in [0.05, 0.1) is 18.4 Å². The molecule has 0 radical (unpaired) electrons. The van der Waals surface area contributed by atoms with E-state index in [2.05, 4.69) is 19.2 Å². The molecule has 0 aromatic heterocycles. The Balaban J connectivity index is 1.78. The first-order valence-corrected chi connectivity index (χ1v) is 11.0. The Bertz CT molecular complexity index is 1240. The second-order valence-corrected chi connectivity index (χ2v) is 8.59. The summed E-state index contributed by atoms with van der Waals surface area (Å²) in [5.74, 6) is 0.328. The number of carbonyl (C=O) groups excluding carboxylic acids is 2. The highest BCUT2D eigenvalue weighted by Gasteiger charge is 2.40. The predicted octanol–water partition coefficient (Wildman–Crippen LogP) is 5.83. The minimum absolute atomic E-state index is 0.274. The molecule has 0 saturated heterocycles. The summed E-state index contributed by atoms with van der Waals surface area (Å²) in [6, 6.07) is 20.7. The summed E-state index contributed by atoms with van der Waals surface area (Å²) >= 11 is 0. The van der Waals surface area contributed by atoms with Gasteiger partial charge in [0.1, 0.15) is 11.4 Å². The zero-order chi connectivity index (χ0) is 23.7. The molecule has 1 aliphatic heterocycles. The average molecular weight is 441 g/mol. The molecule has 1 N–H and O–H groups in total. The fourth-order valence-electron chi connectivity index (χ4n) is 3.87. The standard InChI is InChI=1S/C28H28N2O3/c1-17(2)20-8-10-22(11-9-20)29-26-25(21-7-6-18(3)19(4)16-21)27(31)30(28(26)32)23-12-14-24(33-5)15-13-23/h6-17,29H,1-5H3. The summed E-state index contributed by atoms with van der Waals surface area (Å²) in [5, 5.41) is 3.24. The fraction of sp³-hybridized carbons (Fsp3) is 0.214. The topological polar surface area (TPSA) is 58.6 Å². The highest BCUT2D eigenvalue weighted by atomic mass is 16.5. The van der Waals surface area contributed by atoms with Crippen LogP contribution in [0.5, 0.6) is 5.75 Å². The molecule has 3 aromatic carbocycles. The number of aryl methyl sites for hydroxylation is 2. The summed E-state index contributed by atoms with van der Waals surface area (Å²) < 4.78 is 5.22. The number of hydrogen-bond acceptors (Lipinski definition) is 4. The van der Waals surface area contributed by atoms with E-state index in [9.17, 15) is 9.59 Å². The van der Waals surface area contributed by atoms with Crippen LogP contribution in [0.3, 0.4) is 0 Å². The van der Waals surface area contributed by atoms with Crippen molar-refractivity contribution in [3.63, 3.8) is 0 Å². The molecular formula is C28H28N2O3. The first-order valence-electron chi connectivity index (χ1n) is 11.0. The molecular weight excluding hydrogens is 412 g/mol. The Kier molecular flexibility index (Phi) is 6.05. The number of hydrogen-bond donors (Lipinski definition) is 1. The summed E-state index contributed by atoms with van der Waals surface area (Å²) in [6.07, 6.45) is 0. The Morgan fingerprint density at radius 2 is 1.48 bits per heavy atom. The van der Waals surface area contributed by atoms with Gasteiger partial charge in [-0.05, 0) is 78.4 Å². The van der Waals surface area contributed by atoms with Crippen molar-refractivity contribution in [1.29, 1.82) is 0 Å². The maximum atomic E-state index is 13.6. The van der Waals surface area contributed by atoms with Crippen LogP contribution in [0.25, 0.3) is 5.57 Å². The van der Waals surface area contributed by atoms with E-state index in [0.717, 1.165) is 16.8 Å². The molecule has 0 unspecified atom stereocenters. The maximum Gasteiger partial charge on any atom is 0.282 e. The number of ether oxygens (including phenoxy) is 1. The third-order valence-electron chi connectivity index (χ3n) is 6.06. The molecule has 0 saturated carbocycles. The lowest BCUT2D eigenvalue weighted by molar-refractivity contribution is -0.120. The molecule has 0 atom stereocenters. The van der Waals surface area contributed by atoms with Crippen molar-refractivity contribution in [2.75, 3.05) is 17.3 Å². The molecule has 4 rings (SSSR count). The molecule has 0 fully saturated rings. The van der Waals surface area contributed by atoms with E-state index in [0.29, 0.717) is 28.5 Å². The fourth-order valence-corrected chi connectivity index (χ4v) is 3.87. The van der Waals surface area contributed by atoms with E-state index in [4.69, 9.17) is 4.74 Å². The van der Waals surface area contributed by atoms with Gasteiger partial charge in [0.15, 0.2) is 0 Å². The number of benzene rings is 3. The number of carbonyl (C=O) groups is 2. The summed E-state index contributed by atoms with van der Waals surface area (Å²) in [6.45, 7) is 8.29. The van der Waals surface area contributed by atoms with Crippen LogP contribution >= 0.6 is 0 Å². The number of nitrogens with zero attached hydrogens (tertiary/aromatic N) is 1. The Labute approximate surface area is 194 Å². The summed E-state index contributed by atoms with van der Waals surface area (Å²) in [4.78, 5) is 28.3. The van der Waals surface area contributed by atoms with Crippen molar-refractivity contribution in [3.8, 4) is 5.75 Å². The molecule has 2 amide bonds. The van der Waals surface area contributed by atoms with Crippen molar-refractivity contribution in [2.24, 2.45) is 0 Å². The molecule has 168 valence electrons. The molecule has 0 aliphatic carbocycles. The molecule has 5 heteroatoms. The Morgan fingerprint density at radius 1 is 0.818 bits per heavy atom. The molecule has 0 bridgehead atoms. The lowest BCUT2D eigenvalue weighted by Crippen LogP contribution is -2.32. The quantitative estimate of drug-likeness (QED) is 0.490. The zero-order valence-electron chi connectivity index (χ0n) is 19.6. The third-order valence-corrected chi connectivity index (χ3v) is 6.06. The highest BCUT2D eigenvalue weighted by molar-refractivity contribution is 6.46. The van der Waals surface area contributed by atoms with Crippen molar-refractivity contribution >= 4 is 28.8 Å². The summed E-state index contributed by atoms with van der Waals surface area (Å²) in [5.41, 5.74) is 6.01. The van der Waals surface area contributed by atoms with Crippen molar-refractivity contribution < 1.29 is 14.3 Å². The van der Waals surface area contributed by atoms with Crippen LogP contribution in [0.1, 0.15) is 42.0 Å². The first kappa shape index (κ1) is 22.3. The lowest BCUT2D eigenvalue weighted by Gasteiger charge is -2.16. The SMILES string of the molecule is COc1ccc(N2C(=O)C(Nc3ccc(C(C)C)cc3)=C(c3ccc(C)c(C)c3)C2=O)cc1. The number of rotatable bonds is 6. The van der Waals surface area contributed by atoms with Crippen LogP contribution in [0.2, 0.25) is 0 Å². The largest absolute Gasteiger partial charge is 0.497 e. The predicted molar refractivity (Wildman–Crippen MR) is 132 cm³/mol. The first-order chi connectivity index (χ1) is 15.8. The van der Waals surface area contributed by atoms with Gasteiger partial charge in [0, 0.05) is 5.69 Å². The van der Waals surface area contributed by atoms with Gasteiger partial charge in [-0.3, -0.25) is 9.59 Å². The smallest absolute Gasteiger partial charge is 0.282 e. The molecule has 1 aliphatic rings. The van der Waals surface area contributed by atoms with E-state index < -0.39 is 0 Å². The third kappa shape index (κ3) is 4.27. The summed E-state index contributed by atoms with van der Waals surface area (Å²) in [7, 11) is 1.58. The Morgan fingerprint density at radius 3 is 2.06 bits per heavy atom. The van der Waals surface area contributed by atoms with E-state index in [-0.39, 0.29) is 17.5 Å². The molecule has 3 aromatic rings. The van der Waals surface area contributed by atoms with Crippen molar-refractivity contribution in [1.82, 2.24) is 0 Å². The van der Waals surface area contributed by atoms with E-state index in [1.165, 1.54) is 10.5 Å². The van der Waals surface area contributed by atoms with Gasteiger partial charge in [0.25, 0.3) is 11.8 Å². The number of methoxy groups -OCH3 is 1. The van der Waals surface area contributed by atoms with Crippen LogP contribution in [0, 0.1) is 13.8 Å². The average Bonchev–Trinajstić information content (AvgIpc) is 3.05. The van der Waals surface area contributed by atoms with Crippen LogP contribution in [0.15, 0.2) is 72.4 Å². The number of imide groups is 1. The zero-order valence-corrected chi connectivity index (χ0v) is 19.6. The number of anilines is 2. The molecule has 1 heterocycles. The van der Waals surface area contributed by atoms with E-state index >= 15 is 0 Å². The van der Waals surface area contributed by atoms with Gasteiger partial charge < -0.3 is 10.1 Å². The second-order valence-electron chi connectivity index (χ2n) is 8.59. The number of amides is 2. The van der Waals surface area contributed by atoms with Crippen LogP contribution in [-0.2, 0) is 9.59 Å². The Hall–Kier alpha value is -3.86. The normalized spacial score (nSPS) is 13.8. The minimum Gasteiger partial charge on any atom is -0.497 e. The molecule has 33 heavy (non-hydrogen) atoms. The maximum absolute atomic E-state index is 13.6. The van der Waals surface area contributed by atoms with E-state index in [1.54, 1.807) is 31.4 Å². The lowest BCUT2D eigenvalue weighted by atomic mass is 9.99. The molecule has 0 spiro atoms. The monoisotopic (exact) mass is 440 g/mol. The van der Waals surface area contributed by atoms with Crippen molar-refractivity contribution in [3.05, 3.63) is 94.7 Å². The van der Waals surface area contributed by atoms with Crippen LogP contribution in [0.4, 0.5) is 11.4 Å². The number of nitrogens with one attached hydrogen (secondary N) is 1. The van der Waals surface area contributed by atoms with Gasteiger partial charge in [-0.2, -0.15) is 0 Å². The van der Waals surface area contributed by atoms with Crippen LogP contribution < -0.4 is 15.0 Å². The van der Waals surface area contributed by atoms with Gasteiger partial charge >= 0.3 is 0 Å². The van der Waals surface area contributed by atoms with Crippen LogP contribution in [-0.4, -0.2) is 18.9 Å².